The van der Waals surface area contributed by atoms with Crippen molar-refractivity contribution < 1.29 is 9.53 Å². The van der Waals surface area contributed by atoms with E-state index in [2.05, 4.69) is 30.9 Å². The predicted octanol–water partition coefficient (Wildman–Crippen LogP) is 3.56. The van der Waals surface area contributed by atoms with Gasteiger partial charge in [-0.1, -0.05) is 6.07 Å². The zero-order chi connectivity index (χ0) is 22.1. The van der Waals surface area contributed by atoms with Crippen molar-refractivity contribution in [3.05, 3.63) is 47.7 Å². The highest BCUT2D eigenvalue weighted by Gasteiger charge is 2.17. The van der Waals surface area contributed by atoms with Crippen molar-refractivity contribution in [3.63, 3.8) is 0 Å². The first-order chi connectivity index (χ1) is 14.9. The number of aryl methyl sites for hydroxylation is 2. The van der Waals surface area contributed by atoms with Crippen molar-refractivity contribution >= 4 is 28.4 Å². The molecule has 160 valence electrons. The summed E-state index contributed by atoms with van der Waals surface area (Å²) >= 11 is 0. The van der Waals surface area contributed by atoms with E-state index in [9.17, 15) is 4.79 Å². The lowest BCUT2D eigenvalue weighted by atomic mass is 10.1. The summed E-state index contributed by atoms with van der Waals surface area (Å²) in [5.74, 6) is 1.42. The van der Waals surface area contributed by atoms with Gasteiger partial charge >= 0.3 is 0 Å². The van der Waals surface area contributed by atoms with Crippen LogP contribution < -0.4 is 15.4 Å². The molecule has 0 bridgehead atoms. The molecule has 31 heavy (non-hydrogen) atoms. The molecule has 1 amide bonds. The number of fused-ring (bicyclic) bond motifs is 1. The smallest absolute Gasteiger partial charge is 0.255 e. The maximum atomic E-state index is 12.4. The number of nitrogens with zero attached hydrogens (tertiary/aromatic N) is 4. The van der Waals surface area contributed by atoms with Gasteiger partial charge in [0.1, 0.15) is 5.75 Å². The zero-order valence-corrected chi connectivity index (χ0v) is 18.1. The van der Waals surface area contributed by atoms with Crippen LogP contribution in [0.2, 0.25) is 0 Å². The fourth-order valence-electron chi connectivity index (χ4n) is 3.39. The quantitative estimate of drug-likeness (QED) is 0.441. The Balaban J connectivity index is 1.63. The lowest BCUT2D eigenvalue weighted by Crippen LogP contribution is -2.30. The van der Waals surface area contributed by atoms with Gasteiger partial charge in [0.25, 0.3) is 5.91 Å². The number of hydrogen-bond acceptors (Lipinski definition) is 6. The second-order valence-electron chi connectivity index (χ2n) is 7.62. The third-order valence-electron chi connectivity index (χ3n) is 5.03. The zero-order valence-electron chi connectivity index (χ0n) is 18.1. The van der Waals surface area contributed by atoms with Gasteiger partial charge in [0.05, 0.1) is 24.4 Å². The highest BCUT2D eigenvalue weighted by molar-refractivity contribution is 5.97. The summed E-state index contributed by atoms with van der Waals surface area (Å²) < 4.78 is 7.12. The molecular weight excluding hydrogens is 394 g/mol. The van der Waals surface area contributed by atoms with Crippen molar-refractivity contribution in [1.29, 1.82) is 0 Å². The second kappa shape index (κ2) is 8.10. The number of H-pyrrole nitrogens is 1. The van der Waals surface area contributed by atoms with Crippen molar-refractivity contribution in [2.24, 2.45) is 7.05 Å². The minimum Gasteiger partial charge on any atom is -0.496 e. The Labute approximate surface area is 179 Å². The number of nitrogens with one attached hydrogen (secondary N) is 3. The summed E-state index contributed by atoms with van der Waals surface area (Å²) in [5, 5.41) is 18.9. The summed E-state index contributed by atoms with van der Waals surface area (Å²) in [6.45, 7) is 5.86. The first-order valence-electron chi connectivity index (χ1n) is 9.97. The lowest BCUT2D eigenvalue weighted by Gasteiger charge is -2.12. The van der Waals surface area contributed by atoms with E-state index in [4.69, 9.17) is 4.74 Å². The van der Waals surface area contributed by atoms with Crippen molar-refractivity contribution in [2.75, 3.05) is 12.4 Å². The highest BCUT2D eigenvalue weighted by Crippen LogP contribution is 2.29. The van der Waals surface area contributed by atoms with Crippen LogP contribution in [0.25, 0.3) is 22.3 Å². The summed E-state index contributed by atoms with van der Waals surface area (Å²) in [4.78, 5) is 17.1. The van der Waals surface area contributed by atoms with Crippen LogP contribution in [0.1, 0.15) is 29.8 Å². The first-order valence-corrected chi connectivity index (χ1v) is 9.97. The number of amides is 1. The van der Waals surface area contributed by atoms with Crippen LogP contribution in [-0.2, 0) is 7.05 Å². The molecule has 0 aliphatic carbocycles. The van der Waals surface area contributed by atoms with E-state index in [1.807, 2.05) is 46.0 Å². The summed E-state index contributed by atoms with van der Waals surface area (Å²) in [5.41, 5.74) is 4.20. The van der Waals surface area contributed by atoms with Crippen LogP contribution in [0, 0.1) is 6.92 Å². The molecule has 0 unspecified atom stereocenters. The van der Waals surface area contributed by atoms with E-state index in [0.717, 1.165) is 27.7 Å². The molecule has 0 radical (unpaired) electrons. The van der Waals surface area contributed by atoms with Crippen molar-refractivity contribution in [1.82, 2.24) is 30.3 Å². The molecule has 2 aromatic carbocycles. The Morgan fingerprint density at radius 3 is 2.77 bits per heavy atom. The summed E-state index contributed by atoms with van der Waals surface area (Å²) in [7, 11) is 3.37. The fourth-order valence-corrected chi connectivity index (χ4v) is 3.39. The second-order valence-corrected chi connectivity index (χ2v) is 7.62. The molecule has 9 nitrogen and oxygen atoms in total. The highest BCUT2D eigenvalue weighted by atomic mass is 16.5. The van der Waals surface area contributed by atoms with Crippen LogP contribution in [-0.4, -0.2) is 44.0 Å². The van der Waals surface area contributed by atoms with Gasteiger partial charge in [-0.3, -0.25) is 9.89 Å². The standard InChI is InChI=1S/C22H25N7O2/c1-12(2)24-21(30)15-7-6-14(10-19(15)31-5)20-26-22(29(4)28-20)25-17-8-9-18-16(13(17)3)11-23-27-18/h6-12H,1-5H3,(H,23,27)(H,24,30)(H,25,26,28). The summed E-state index contributed by atoms with van der Waals surface area (Å²) in [6.07, 6.45) is 1.81. The summed E-state index contributed by atoms with van der Waals surface area (Å²) in [6, 6.07) is 9.31. The predicted molar refractivity (Wildman–Crippen MR) is 120 cm³/mol. The van der Waals surface area contributed by atoms with Gasteiger partial charge in [-0.2, -0.15) is 10.1 Å². The van der Waals surface area contributed by atoms with Gasteiger partial charge in [-0.15, -0.1) is 5.10 Å². The van der Waals surface area contributed by atoms with Gasteiger partial charge in [0, 0.05) is 29.7 Å². The van der Waals surface area contributed by atoms with Gasteiger partial charge in [-0.05, 0) is 50.6 Å². The Morgan fingerprint density at radius 2 is 2.03 bits per heavy atom. The molecular formula is C22H25N7O2. The average molecular weight is 419 g/mol. The molecule has 2 aromatic heterocycles. The Kier molecular flexibility index (Phi) is 5.33. The topological polar surface area (TPSA) is 110 Å². The normalized spacial score (nSPS) is 11.2. The number of benzene rings is 2. The molecule has 0 aliphatic heterocycles. The number of anilines is 2. The number of ether oxygens (including phenoxy) is 1. The maximum Gasteiger partial charge on any atom is 0.255 e. The van der Waals surface area contributed by atoms with Gasteiger partial charge in [-0.25, -0.2) is 4.68 Å². The number of carbonyl (C=O) groups is 1. The Hall–Kier alpha value is -3.88. The Bertz CT molecular complexity index is 1260. The molecule has 0 atom stereocenters. The molecule has 4 rings (SSSR count). The monoisotopic (exact) mass is 419 g/mol. The van der Waals surface area contributed by atoms with E-state index < -0.39 is 0 Å². The maximum absolute atomic E-state index is 12.4. The lowest BCUT2D eigenvalue weighted by molar-refractivity contribution is 0.0940. The van der Waals surface area contributed by atoms with Crippen molar-refractivity contribution in [3.8, 4) is 17.1 Å². The van der Waals surface area contributed by atoms with Gasteiger partial charge in [0.2, 0.25) is 5.95 Å². The minimum absolute atomic E-state index is 0.0349. The molecule has 0 spiro atoms. The Morgan fingerprint density at radius 1 is 1.23 bits per heavy atom. The van der Waals surface area contributed by atoms with E-state index in [-0.39, 0.29) is 11.9 Å². The number of carbonyl (C=O) groups excluding carboxylic acids is 1. The first kappa shape index (κ1) is 20.4. The van der Waals surface area contributed by atoms with E-state index >= 15 is 0 Å². The number of hydrogen-bond donors (Lipinski definition) is 3. The number of aromatic amines is 1. The molecule has 3 N–H and O–H groups in total. The van der Waals surface area contributed by atoms with Crippen LogP contribution in [0.4, 0.5) is 11.6 Å². The number of rotatable bonds is 6. The van der Waals surface area contributed by atoms with Crippen LogP contribution in [0.15, 0.2) is 36.5 Å². The average Bonchev–Trinajstić information content (AvgIpc) is 3.36. The SMILES string of the molecule is COc1cc(-c2nc(Nc3ccc4[nH]ncc4c3C)n(C)n2)ccc1C(=O)NC(C)C. The molecule has 0 saturated carbocycles. The number of methoxy groups -OCH3 is 1. The molecule has 0 fully saturated rings. The van der Waals surface area contributed by atoms with Crippen molar-refractivity contribution in [2.45, 2.75) is 26.8 Å². The molecule has 2 heterocycles. The van der Waals surface area contributed by atoms with Gasteiger partial charge in [0.15, 0.2) is 5.82 Å². The van der Waals surface area contributed by atoms with E-state index in [1.165, 1.54) is 0 Å². The van der Waals surface area contributed by atoms with Crippen LogP contribution in [0.5, 0.6) is 5.75 Å². The molecule has 4 aromatic rings. The van der Waals surface area contributed by atoms with E-state index in [0.29, 0.717) is 23.1 Å². The third kappa shape index (κ3) is 3.94. The van der Waals surface area contributed by atoms with Crippen LogP contribution >= 0.6 is 0 Å². The number of aromatic nitrogens is 5. The molecule has 9 heteroatoms. The van der Waals surface area contributed by atoms with Gasteiger partial charge < -0.3 is 15.4 Å². The molecule has 0 saturated heterocycles. The molecule has 0 aliphatic rings. The van der Waals surface area contributed by atoms with Crippen LogP contribution in [0.3, 0.4) is 0 Å². The fraction of sp³-hybridized carbons (Fsp3) is 0.273. The van der Waals surface area contributed by atoms with E-state index in [1.54, 1.807) is 30.1 Å². The largest absolute Gasteiger partial charge is 0.496 e. The minimum atomic E-state index is -0.181. The third-order valence-corrected chi connectivity index (χ3v) is 5.03.